The Hall–Kier alpha value is -2.60. The predicted molar refractivity (Wildman–Crippen MR) is 108 cm³/mol. The van der Waals surface area contributed by atoms with Crippen molar-refractivity contribution in [2.45, 2.75) is 39.8 Å². The van der Waals surface area contributed by atoms with E-state index >= 15 is 0 Å². The van der Waals surface area contributed by atoms with E-state index in [0.29, 0.717) is 6.54 Å². The van der Waals surface area contributed by atoms with Crippen LogP contribution in [0.2, 0.25) is 0 Å². The summed E-state index contributed by atoms with van der Waals surface area (Å²) >= 11 is 0. The molecule has 1 fully saturated rings. The van der Waals surface area contributed by atoms with Crippen LogP contribution in [0.3, 0.4) is 0 Å². The zero-order valence-electron chi connectivity index (χ0n) is 16.3. The molecular weight excluding hydrogens is 338 g/mol. The van der Waals surface area contributed by atoms with Gasteiger partial charge in [-0.1, -0.05) is 6.07 Å². The molecule has 0 saturated carbocycles. The fourth-order valence-corrected chi connectivity index (χ4v) is 3.94. The van der Waals surface area contributed by atoms with Crippen LogP contribution < -0.4 is 10.1 Å². The van der Waals surface area contributed by atoms with Gasteiger partial charge in [0.1, 0.15) is 5.75 Å². The van der Waals surface area contributed by atoms with Gasteiger partial charge in [0.15, 0.2) is 11.5 Å². The minimum atomic E-state index is 0.713. The number of nitrogens with one attached hydrogen (secondary N) is 2. The summed E-state index contributed by atoms with van der Waals surface area (Å²) in [4.78, 5) is 7.02. The molecule has 27 heavy (non-hydrogen) atoms. The highest BCUT2D eigenvalue weighted by molar-refractivity contribution is 5.90. The lowest BCUT2D eigenvalue weighted by molar-refractivity contribution is 0.321. The van der Waals surface area contributed by atoms with E-state index in [2.05, 4.69) is 56.6 Å². The van der Waals surface area contributed by atoms with Crippen LogP contribution in [0.4, 0.5) is 5.82 Å². The summed E-state index contributed by atoms with van der Waals surface area (Å²) in [5.74, 6) is 1.82. The third-order valence-electron chi connectivity index (χ3n) is 5.25. The van der Waals surface area contributed by atoms with E-state index in [1.165, 1.54) is 42.6 Å². The van der Waals surface area contributed by atoms with Gasteiger partial charge in [0, 0.05) is 24.3 Å². The van der Waals surface area contributed by atoms with E-state index in [1.54, 1.807) is 7.11 Å². The number of aromatic amines is 1. The zero-order chi connectivity index (χ0) is 18.8. The molecule has 1 aliphatic rings. The maximum Gasteiger partial charge on any atom is 0.157 e. The lowest BCUT2D eigenvalue weighted by atomic mass is 10.1. The number of nitrogens with zero attached hydrogens (tertiary/aromatic N) is 3. The maximum atomic E-state index is 5.57. The number of hydrogen-bond donors (Lipinski definition) is 2. The Morgan fingerprint density at radius 3 is 2.78 bits per heavy atom. The van der Waals surface area contributed by atoms with Gasteiger partial charge in [0.2, 0.25) is 0 Å². The first-order chi connectivity index (χ1) is 13.1. The van der Waals surface area contributed by atoms with Gasteiger partial charge in [0.25, 0.3) is 0 Å². The van der Waals surface area contributed by atoms with E-state index in [1.807, 2.05) is 6.92 Å². The molecule has 0 spiro atoms. The summed E-state index contributed by atoms with van der Waals surface area (Å²) in [6.45, 7) is 8.11. The predicted octanol–water partition coefficient (Wildman–Crippen LogP) is 3.79. The molecule has 0 amide bonds. The Kier molecular flexibility index (Phi) is 4.99. The topological polar surface area (TPSA) is 66.1 Å². The quantitative estimate of drug-likeness (QED) is 0.696. The number of rotatable bonds is 6. The molecule has 1 aromatic carbocycles. The Balaban J connectivity index is 1.53. The summed E-state index contributed by atoms with van der Waals surface area (Å²) in [6, 6.07) is 8.52. The second kappa shape index (κ2) is 7.56. The smallest absolute Gasteiger partial charge is 0.157 e. The Morgan fingerprint density at radius 2 is 2.00 bits per heavy atom. The second-order valence-corrected chi connectivity index (χ2v) is 7.36. The highest BCUT2D eigenvalue weighted by atomic mass is 16.5. The number of fused-ring (bicyclic) bond motifs is 1. The molecule has 6 nitrogen and oxygen atoms in total. The second-order valence-electron chi connectivity index (χ2n) is 7.36. The van der Waals surface area contributed by atoms with Gasteiger partial charge in [-0.15, -0.1) is 0 Å². The third kappa shape index (κ3) is 3.76. The number of benzene rings is 1. The monoisotopic (exact) mass is 365 g/mol. The first-order valence-corrected chi connectivity index (χ1v) is 9.58. The molecule has 4 rings (SSSR count). The lowest BCUT2D eigenvalue weighted by Crippen LogP contribution is -2.19. The van der Waals surface area contributed by atoms with Crippen molar-refractivity contribution in [2.75, 3.05) is 25.5 Å². The standard InChI is InChI=1S/C21H27N5O/c1-14-10-15(2)23-21-19(14)20(24-25-21)22-12-16-6-7-18(27-3)17(11-16)13-26-8-4-5-9-26/h6-7,10-11H,4-5,8-9,12-13H2,1-3H3,(H2,22,23,24,25). The van der Waals surface area contributed by atoms with E-state index < -0.39 is 0 Å². The Labute approximate surface area is 159 Å². The third-order valence-corrected chi connectivity index (χ3v) is 5.25. The van der Waals surface area contributed by atoms with Crippen LogP contribution in [0.15, 0.2) is 24.3 Å². The minimum absolute atomic E-state index is 0.713. The SMILES string of the molecule is COc1ccc(CNc2n[nH]c3nc(C)cc(C)c23)cc1CN1CCCC1. The lowest BCUT2D eigenvalue weighted by Gasteiger charge is -2.18. The molecular formula is C21H27N5O. The van der Waals surface area contributed by atoms with E-state index in [9.17, 15) is 0 Å². The number of likely N-dealkylation sites (tertiary alicyclic amines) is 1. The molecule has 2 N–H and O–H groups in total. The van der Waals surface area contributed by atoms with Crippen molar-refractivity contribution >= 4 is 16.9 Å². The van der Waals surface area contributed by atoms with Crippen LogP contribution in [0.25, 0.3) is 11.0 Å². The molecule has 3 aromatic rings. The average molecular weight is 365 g/mol. The van der Waals surface area contributed by atoms with Crippen LogP contribution in [-0.2, 0) is 13.1 Å². The Bertz CT molecular complexity index is 943. The van der Waals surface area contributed by atoms with Gasteiger partial charge in [0.05, 0.1) is 12.5 Å². The fourth-order valence-electron chi connectivity index (χ4n) is 3.94. The summed E-state index contributed by atoms with van der Waals surface area (Å²) in [5.41, 5.74) is 5.48. The average Bonchev–Trinajstić information content (AvgIpc) is 3.30. The number of ether oxygens (including phenoxy) is 1. The molecule has 0 bridgehead atoms. The van der Waals surface area contributed by atoms with Crippen LogP contribution in [0.5, 0.6) is 5.75 Å². The van der Waals surface area contributed by atoms with Gasteiger partial charge < -0.3 is 10.1 Å². The number of methoxy groups -OCH3 is 1. The van der Waals surface area contributed by atoms with Crippen LogP contribution >= 0.6 is 0 Å². The van der Waals surface area contributed by atoms with E-state index in [-0.39, 0.29) is 0 Å². The number of aromatic nitrogens is 3. The van der Waals surface area contributed by atoms with Gasteiger partial charge in [-0.2, -0.15) is 5.10 Å². The molecule has 6 heteroatoms. The molecule has 3 heterocycles. The molecule has 0 radical (unpaired) electrons. The molecule has 0 unspecified atom stereocenters. The van der Waals surface area contributed by atoms with Crippen molar-refractivity contribution in [1.82, 2.24) is 20.1 Å². The minimum Gasteiger partial charge on any atom is -0.496 e. The first-order valence-electron chi connectivity index (χ1n) is 9.58. The summed E-state index contributed by atoms with van der Waals surface area (Å²) in [6.07, 6.45) is 2.59. The molecule has 1 aliphatic heterocycles. The molecule has 2 aromatic heterocycles. The van der Waals surface area contributed by atoms with Crippen molar-refractivity contribution in [1.29, 1.82) is 0 Å². The molecule has 0 aliphatic carbocycles. The first kappa shape index (κ1) is 17.8. The molecule has 0 atom stereocenters. The number of aryl methyl sites for hydroxylation is 2. The van der Waals surface area contributed by atoms with Crippen molar-refractivity contribution in [3.63, 3.8) is 0 Å². The highest BCUT2D eigenvalue weighted by Crippen LogP contribution is 2.26. The number of pyridine rings is 1. The van der Waals surface area contributed by atoms with Crippen LogP contribution in [0, 0.1) is 13.8 Å². The maximum absolute atomic E-state index is 5.57. The zero-order valence-corrected chi connectivity index (χ0v) is 16.3. The molecule has 1 saturated heterocycles. The fraction of sp³-hybridized carbons (Fsp3) is 0.429. The van der Waals surface area contributed by atoms with Crippen molar-refractivity contribution in [3.05, 3.63) is 46.6 Å². The van der Waals surface area contributed by atoms with Crippen molar-refractivity contribution in [2.24, 2.45) is 0 Å². The Morgan fingerprint density at radius 1 is 1.19 bits per heavy atom. The number of hydrogen-bond acceptors (Lipinski definition) is 5. The molecule has 142 valence electrons. The number of H-pyrrole nitrogens is 1. The summed E-state index contributed by atoms with van der Waals surface area (Å²) < 4.78 is 5.57. The number of anilines is 1. The van der Waals surface area contributed by atoms with Gasteiger partial charge in [-0.05, 0) is 69.1 Å². The van der Waals surface area contributed by atoms with Crippen molar-refractivity contribution in [3.8, 4) is 5.75 Å². The van der Waals surface area contributed by atoms with Gasteiger partial charge in [-0.25, -0.2) is 4.98 Å². The largest absolute Gasteiger partial charge is 0.496 e. The van der Waals surface area contributed by atoms with Gasteiger partial charge >= 0.3 is 0 Å². The highest BCUT2D eigenvalue weighted by Gasteiger charge is 2.15. The van der Waals surface area contributed by atoms with Crippen LogP contribution in [-0.4, -0.2) is 40.3 Å². The van der Waals surface area contributed by atoms with Crippen molar-refractivity contribution < 1.29 is 4.74 Å². The van der Waals surface area contributed by atoms with Gasteiger partial charge in [-0.3, -0.25) is 10.00 Å². The van der Waals surface area contributed by atoms with E-state index in [4.69, 9.17) is 4.74 Å². The van der Waals surface area contributed by atoms with Crippen LogP contribution in [0.1, 0.15) is 35.2 Å². The summed E-state index contributed by atoms with van der Waals surface area (Å²) in [7, 11) is 1.74. The summed E-state index contributed by atoms with van der Waals surface area (Å²) in [5, 5.41) is 12.0. The normalized spacial score (nSPS) is 14.8. The van der Waals surface area contributed by atoms with E-state index in [0.717, 1.165) is 34.8 Å².